The van der Waals surface area contributed by atoms with Crippen molar-refractivity contribution in [2.24, 2.45) is 11.7 Å². The lowest BCUT2D eigenvalue weighted by Gasteiger charge is -2.32. The summed E-state index contributed by atoms with van der Waals surface area (Å²) in [5.74, 6) is 0.867. The summed E-state index contributed by atoms with van der Waals surface area (Å²) < 4.78 is 13.1. The third-order valence-electron chi connectivity index (χ3n) is 2.89. The molecule has 2 aliphatic rings. The fraction of sp³-hybridized carbons (Fsp3) is 1.00. The highest BCUT2D eigenvalue weighted by Crippen LogP contribution is 2.30. The van der Waals surface area contributed by atoms with Gasteiger partial charge in [-0.2, -0.15) is 0 Å². The molecule has 2 N–H and O–H groups in total. The molecule has 0 aromatic rings. The molecule has 1 saturated carbocycles. The summed E-state index contributed by atoms with van der Waals surface area (Å²) in [4.78, 5) is 2.23. The first-order chi connectivity index (χ1) is 5.75. The minimum absolute atomic E-state index is 0.208. The van der Waals surface area contributed by atoms with Gasteiger partial charge in [-0.1, -0.05) is 0 Å². The largest absolute Gasteiger partial charge is 0.325 e. The van der Waals surface area contributed by atoms with Crippen LogP contribution in [0.5, 0.6) is 0 Å². The lowest BCUT2D eigenvalue weighted by molar-refractivity contribution is 0.116. The van der Waals surface area contributed by atoms with Gasteiger partial charge in [0.15, 0.2) is 0 Å². The minimum Gasteiger partial charge on any atom is -0.325 e. The summed E-state index contributed by atoms with van der Waals surface area (Å²) in [5.41, 5.74) is 5.59. The van der Waals surface area contributed by atoms with Gasteiger partial charge in [0.1, 0.15) is 6.17 Å². The van der Waals surface area contributed by atoms with Gasteiger partial charge in [-0.25, -0.2) is 4.39 Å². The van der Waals surface area contributed by atoms with Gasteiger partial charge in [0.2, 0.25) is 0 Å². The van der Waals surface area contributed by atoms with E-state index in [4.69, 9.17) is 5.73 Å². The first kappa shape index (κ1) is 8.45. The fourth-order valence-corrected chi connectivity index (χ4v) is 1.82. The number of halogens is 1. The van der Waals surface area contributed by atoms with Crippen LogP contribution in [0, 0.1) is 5.92 Å². The fourth-order valence-electron chi connectivity index (χ4n) is 1.82. The maximum Gasteiger partial charge on any atom is 0.128 e. The zero-order chi connectivity index (χ0) is 8.55. The van der Waals surface area contributed by atoms with Crippen LogP contribution in [-0.2, 0) is 0 Å². The van der Waals surface area contributed by atoms with Crippen LogP contribution in [-0.4, -0.2) is 36.7 Å². The van der Waals surface area contributed by atoms with Gasteiger partial charge < -0.3 is 10.6 Å². The van der Waals surface area contributed by atoms with Crippen LogP contribution in [0.1, 0.15) is 19.3 Å². The lowest BCUT2D eigenvalue weighted by Crippen LogP contribution is -2.48. The molecular formula is C9H17FN2. The average Bonchev–Trinajstić information content (AvgIpc) is 2.81. The molecule has 0 amide bonds. The number of likely N-dealkylation sites (tertiary alicyclic amines) is 1. The van der Waals surface area contributed by atoms with Gasteiger partial charge in [0, 0.05) is 19.1 Å². The molecule has 1 saturated heterocycles. The molecule has 2 fully saturated rings. The molecule has 0 unspecified atom stereocenters. The standard InChI is InChI=1S/C9H17FN2/c10-8-6-12(4-3-9(8)11)5-7-1-2-7/h7-9H,1-6,11H2/t8-,9-/m1/s1. The molecule has 0 aromatic carbocycles. The van der Waals surface area contributed by atoms with Gasteiger partial charge in [0.25, 0.3) is 0 Å². The maximum absolute atomic E-state index is 13.1. The van der Waals surface area contributed by atoms with Crippen LogP contribution in [0.25, 0.3) is 0 Å². The number of nitrogens with zero attached hydrogens (tertiary/aromatic N) is 1. The van der Waals surface area contributed by atoms with Gasteiger partial charge in [-0.3, -0.25) is 0 Å². The molecule has 1 aliphatic carbocycles. The first-order valence-corrected chi connectivity index (χ1v) is 4.87. The number of rotatable bonds is 2. The quantitative estimate of drug-likeness (QED) is 0.666. The van der Waals surface area contributed by atoms with Crippen molar-refractivity contribution in [3.8, 4) is 0 Å². The van der Waals surface area contributed by atoms with E-state index in [1.807, 2.05) is 0 Å². The highest BCUT2D eigenvalue weighted by Gasteiger charge is 2.30. The molecule has 70 valence electrons. The molecule has 0 aromatic heterocycles. The predicted octanol–water partition coefficient (Wildman–Crippen LogP) is 0.767. The van der Waals surface area contributed by atoms with Crippen molar-refractivity contribution in [3.05, 3.63) is 0 Å². The monoisotopic (exact) mass is 172 g/mol. The van der Waals surface area contributed by atoms with E-state index in [1.165, 1.54) is 12.8 Å². The molecule has 1 aliphatic heterocycles. The summed E-state index contributed by atoms with van der Waals surface area (Å²) in [6.45, 7) is 2.67. The maximum atomic E-state index is 13.1. The van der Waals surface area contributed by atoms with Gasteiger partial charge in [-0.15, -0.1) is 0 Å². The zero-order valence-corrected chi connectivity index (χ0v) is 7.38. The van der Waals surface area contributed by atoms with E-state index in [9.17, 15) is 4.39 Å². The number of piperidine rings is 1. The van der Waals surface area contributed by atoms with Crippen molar-refractivity contribution in [2.45, 2.75) is 31.5 Å². The van der Waals surface area contributed by atoms with Gasteiger partial charge in [-0.05, 0) is 31.7 Å². The molecule has 0 spiro atoms. The van der Waals surface area contributed by atoms with Crippen LogP contribution in [0.3, 0.4) is 0 Å². The van der Waals surface area contributed by atoms with Crippen molar-refractivity contribution in [1.29, 1.82) is 0 Å². The highest BCUT2D eigenvalue weighted by atomic mass is 19.1. The van der Waals surface area contributed by atoms with E-state index in [-0.39, 0.29) is 6.04 Å². The van der Waals surface area contributed by atoms with Crippen LogP contribution < -0.4 is 5.73 Å². The Balaban J connectivity index is 1.76. The second kappa shape index (κ2) is 3.30. The first-order valence-electron chi connectivity index (χ1n) is 4.87. The molecule has 2 nitrogen and oxygen atoms in total. The van der Waals surface area contributed by atoms with E-state index < -0.39 is 6.17 Å². The lowest BCUT2D eigenvalue weighted by atomic mass is 10.0. The Morgan fingerprint density at radius 2 is 2.08 bits per heavy atom. The molecule has 3 heteroatoms. The highest BCUT2D eigenvalue weighted by molar-refractivity contribution is 4.86. The van der Waals surface area contributed by atoms with E-state index in [0.717, 1.165) is 25.4 Å². The Kier molecular flexibility index (Phi) is 2.33. The molecule has 12 heavy (non-hydrogen) atoms. The van der Waals surface area contributed by atoms with Crippen molar-refractivity contribution in [2.75, 3.05) is 19.6 Å². The van der Waals surface area contributed by atoms with Crippen LogP contribution in [0.4, 0.5) is 4.39 Å². The molecule has 0 bridgehead atoms. The Bertz CT molecular complexity index is 159. The van der Waals surface area contributed by atoms with Crippen LogP contribution in [0.15, 0.2) is 0 Å². The second-order valence-corrected chi connectivity index (χ2v) is 4.17. The Morgan fingerprint density at radius 1 is 1.33 bits per heavy atom. The van der Waals surface area contributed by atoms with Crippen molar-refractivity contribution < 1.29 is 4.39 Å². The summed E-state index contributed by atoms with van der Waals surface area (Å²) in [6.07, 6.45) is 2.73. The Morgan fingerprint density at radius 3 is 2.67 bits per heavy atom. The predicted molar refractivity (Wildman–Crippen MR) is 46.7 cm³/mol. The molecule has 0 radical (unpaired) electrons. The van der Waals surface area contributed by atoms with E-state index in [0.29, 0.717) is 6.54 Å². The van der Waals surface area contributed by atoms with E-state index in [2.05, 4.69) is 4.90 Å². The number of nitrogens with two attached hydrogens (primary N) is 1. The van der Waals surface area contributed by atoms with Crippen molar-refractivity contribution in [3.63, 3.8) is 0 Å². The third kappa shape index (κ3) is 1.96. The SMILES string of the molecule is N[C@@H]1CCN(CC2CC2)C[C@H]1F. The molecule has 2 rings (SSSR count). The molecule has 1 heterocycles. The van der Waals surface area contributed by atoms with Gasteiger partial charge >= 0.3 is 0 Å². The summed E-state index contributed by atoms with van der Waals surface area (Å²) in [5, 5.41) is 0. The average molecular weight is 172 g/mol. The molecular weight excluding hydrogens is 155 g/mol. The number of hydrogen-bond acceptors (Lipinski definition) is 2. The second-order valence-electron chi connectivity index (χ2n) is 4.17. The van der Waals surface area contributed by atoms with Gasteiger partial charge in [0.05, 0.1) is 0 Å². The zero-order valence-electron chi connectivity index (χ0n) is 7.38. The summed E-state index contributed by atoms with van der Waals surface area (Å²) in [7, 11) is 0. The van der Waals surface area contributed by atoms with E-state index in [1.54, 1.807) is 0 Å². The molecule has 2 atom stereocenters. The van der Waals surface area contributed by atoms with E-state index >= 15 is 0 Å². The Labute approximate surface area is 72.9 Å². The third-order valence-corrected chi connectivity index (χ3v) is 2.89. The number of alkyl halides is 1. The Hall–Kier alpha value is -0.150. The number of hydrogen-bond donors (Lipinski definition) is 1. The summed E-state index contributed by atoms with van der Waals surface area (Å²) in [6, 6.07) is -0.208. The van der Waals surface area contributed by atoms with Crippen LogP contribution >= 0.6 is 0 Å². The smallest absolute Gasteiger partial charge is 0.128 e. The van der Waals surface area contributed by atoms with Crippen molar-refractivity contribution in [1.82, 2.24) is 4.90 Å². The normalized spacial score (nSPS) is 38.5. The van der Waals surface area contributed by atoms with Crippen LogP contribution in [0.2, 0.25) is 0 Å². The minimum atomic E-state index is -0.794. The topological polar surface area (TPSA) is 29.3 Å². The van der Waals surface area contributed by atoms with Crippen molar-refractivity contribution >= 4 is 0 Å². The summed E-state index contributed by atoms with van der Waals surface area (Å²) >= 11 is 0.